The fourth-order valence-electron chi connectivity index (χ4n) is 2.60. The largest absolute Gasteiger partial charge is 0.361 e. The second-order valence-corrected chi connectivity index (χ2v) is 7.25. The van der Waals surface area contributed by atoms with Crippen LogP contribution in [0.15, 0.2) is 59.1 Å². The zero-order valence-electron chi connectivity index (χ0n) is 13.8. The molecule has 0 atom stereocenters. The predicted octanol–water partition coefficient (Wildman–Crippen LogP) is 5.09. The van der Waals surface area contributed by atoms with Crippen LogP contribution in [0.25, 0.3) is 10.2 Å². The number of aromatic nitrogens is 2. The van der Waals surface area contributed by atoms with Gasteiger partial charge in [0.25, 0.3) is 5.91 Å². The molecule has 0 saturated carbocycles. The lowest BCUT2D eigenvalue weighted by Crippen LogP contribution is -2.30. The van der Waals surface area contributed by atoms with Gasteiger partial charge in [0, 0.05) is 11.1 Å². The second kappa shape index (κ2) is 6.90. The standard InChI is InChI=1S/C19H14ClN3O2S/c1-12-9-16(22-25-12)18(24)23(11-13-5-3-2-4-6-13)19-21-15-8-7-14(20)10-17(15)26-19/h2-10H,11H2,1H3. The molecule has 26 heavy (non-hydrogen) atoms. The summed E-state index contributed by atoms with van der Waals surface area (Å²) in [6.07, 6.45) is 0. The van der Waals surface area contributed by atoms with Crippen LogP contribution in [0.1, 0.15) is 21.8 Å². The summed E-state index contributed by atoms with van der Waals surface area (Å²) in [7, 11) is 0. The van der Waals surface area contributed by atoms with Crippen molar-refractivity contribution < 1.29 is 9.32 Å². The molecule has 0 bridgehead atoms. The Balaban J connectivity index is 1.76. The van der Waals surface area contributed by atoms with Gasteiger partial charge in [-0.15, -0.1) is 0 Å². The van der Waals surface area contributed by atoms with Crippen molar-refractivity contribution in [2.45, 2.75) is 13.5 Å². The number of amides is 1. The third-order valence-corrected chi connectivity index (χ3v) is 5.12. The van der Waals surface area contributed by atoms with Crippen LogP contribution < -0.4 is 4.90 Å². The summed E-state index contributed by atoms with van der Waals surface area (Å²) in [5.74, 6) is 0.333. The molecule has 0 saturated heterocycles. The van der Waals surface area contributed by atoms with E-state index in [1.807, 2.05) is 42.5 Å². The number of thiazole rings is 1. The number of halogens is 1. The van der Waals surface area contributed by atoms with Crippen molar-refractivity contribution in [1.82, 2.24) is 10.1 Å². The Labute approximate surface area is 158 Å². The van der Waals surface area contributed by atoms with Crippen LogP contribution in [0, 0.1) is 6.92 Å². The Kier molecular flexibility index (Phi) is 4.44. The molecule has 4 rings (SSSR count). The molecule has 0 aliphatic rings. The minimum Gasteiger partial charge on any atom is -0.361 e. The lowest BCUT2D eigenvalue weighted by molar-refractivity contribution is 0.0976. The molecule has 1 amide bonds. The molecule has 2 heterocycles. The van der Waals surface area contributed by atoms with Crippen LogP contribution in [0.2, 0.25) is 5.02 Å². The van der Waals surface area contributed by atoms with Gasteiger partial charge in [0.2, 0.25) is 0 Å². The molecule has 0 spiro atoms. The highest BCUT2D eigenvalue weighted by Gasteiger charge is 2.24. The minimum absolute atomic E-state index is 0.254. The molecule has 4 aromatic rings. The van der Waals surface area contributed by atoms with Gasteiger partial charge in [-0.1, -0.05) is 58.4 Å². The van der Waals surface area contributed by atoms with Crippen molar-refractivity contribution in [3.63, 3.8) is 0 Å². The van der Waals surface area contributed by atoms with E-state index in [9.17, 15) is 4.79 Å². The van der Waals surface area contributed by atoms with Gasteiger partial charge in [0.15, 0.2) is 10.8 Å². The first-order chi connectivity index (χ1) is 12.6. The molecule has 0 aliphatic heterocycles. The minimum atomic E-state index is -0.254. The van der Waals surface area contributed by atoms with Gasteiger partial charge in [-0.3, -0.25) is 9.69 Å². The summed E-state index contributed by atoms with van der Waals surface area (Å²) in [6, 6.07) is 16.9. The summed E-state index contributed by atoms with van der Waals surface area (Å²) in [4.78, 5) is 19.3. The van der Waals surface area contributed by atoms with Crippen molar-refractivity contribution in [2.75, 3.05) is 4.90 Å². The number of carbonyl (C=O) groups is 1. The van der Waals surface area contributed by atoms with E-state index in [4.69, 9.17) is 16.1 Å². The van der Waals surface area contributed by atoms with Crippen LogP contribution in [0.4, 0.5) is 5.13 Å². The van der Waals surface area contributed by atoms with Gasteiger partial charge in [0.1, 0.15) is 5.76 Å². The first-order valence-electron chi connectivity index (χ1n) is 7.95. The summed E-state index contributed by atoms with van der Waals surface area (Å²) < 4.78 is 5.99. The van der Waals surface area contributed by atoms with Gasteiger partial charge < -0.3 is 4.52 Å². The summed E-state index contributed by atoms with van der Waals surface area (Å²) in [6.45, 7) is 2.14. The molecular formula is C19H14ClN3O2S. The highest BCUT2D eigenvalue weighted by Crippen LogP contribution is 2.32. The first-order valence-corrected chi connectivity index (χ1v) is 9.15. The van der Waals surface area contributed by atoms with E-state index in [1.54, 1.807) is 24.0 Å². The van der Waals surface area contributed by atoms with E-state index < -0.39 is 0 Å². The molecule has 7 heteroatoms. The summed E-state index contributed by atoms with van der Waals surface area (Å²) in [5, 5.41) is 5.10. The first kappa shape index (κ1) is 16.8. The molecular weight excluding hydrogens is 370 g/mol. The second-order valence-electron chi connectivity index (χ2n) is 5.81. The van der Waals surface area contributed by atoms with Crippen molar-refractivity contribution >= 4 is 44.2 Å². The number of fused-ring (bicyclic) bond motifs is 1. The summed E-state index contributed by atoms with van der Waals surface area (Å²) in [5.41, 5.74) is 2.06. The SMILES string of the molecule is Cc1cc(C(=O)N(Cc2ccccc2)c2nc3ccc(Cl)cc3s2)no1. The normalized spacial score (nSPS) is 11.0. The fourth-order valence-corrected chi connectivity index (χ4v) is 3.84. The molecule has 0 fully saturated rings. The van der Waals surface area contributed by atoms with Gasteiger partial charge in [0.05, 0.1) is 16.8 Å². The molecule has 2 aromatic carbocycles. The van der Waals surface area contributed by atoms with E-state index >= 15 is 0 Å². The zero-order chi connectivity index (χ0) is 18.1. The highest BCUT2D eigenvalue weighted by atomic mass is 35.5. The topological polar surface area (TPSA) is 59.2 Å². The molecule has 5 nitrogen and oxygen atoms in total. The number of rotatable bonds is 4. The van der Waals surface area contributed by atoms with E-state index in [-0.39, 0.29) is 11.6 Å². The van der Waals surface area contributed by atoms with E-state index in [1.165, 1.54) is 11.3 Å². The monoisotopic (exact) mass is 383 g/mol. The van der Waals surface area contributed by atoms with Crippen LogP contribution in [0.5, 0.6) is 0 Å². The molecule has 130 valence electrons. The Bertz CT molecular complexity index is 1070. The number of anilines is 1. The van der Waals surface area contributed by atoms with E-state index in [0.29, 0.717) is 22.5 Å². The average Bonchev–Trinajstić information content (AvgIpc) is 3.25. The number of carbonyl (C=O) groups excluding carboxylic acids is 1. The van der Waals surface area contributed by atoms with Crippen LogP contribution >= 0.6 is 22.9 Å². The van der Waals surface area contributed by atoms with Crippen LogP contribution in [-0.2, 0) is 6.54 Å². The third kappa shape index (κ3) is 3.34. The quantitative estimate of drug-likeness (QED) is 0.492. The number of hydrogen-bond acceptors (Lipinski definition) is 5. The van der Waals surface area contributed by atoms with Gasteiger partial charge >= 0.3 is 0 Å². The Morgan fingerprint density at radius 1 is 1.19 bits per heavy atom. The molecule has 0 aliphatic carbocycles. The smallest absolute Gasteiger partial charge is 0.282 e. The predicted molar refractivity (Wildman–Crippen MR) is 103 cm³/mol. The van der Waals surface area contributed by atoms with Crippen LogP contribution in [0.3, 0.4) is 0 Å². The summed E-state index contributed by atoms with van der Waals surface area (Å²) >= 11 is 7.49. The molecule has 2 aromatic heterocycles. The maximum Gasteiger partial charge on any atom is 0.282 e. The lowest BCUT2D eigenvalue weighted by Gasteiger charge is -2.18. The van der Waals surface area contributed by atoms with E-state index in [0.717, 1.165) is 15.8 Å². The zero-order valence-corrected chi connectivity index (χ0v) is 15.4. The Morgan fingerprint density at radius 3 is 2.73 bits per heavy atom. The number of hydrogen-bond donors (Lipinski definition) is 0. The van der Waals surface area contributed by atoms with Gasteiger partial charge in [-0.2, -0.15) is 0 Å². The molecule has 0 unspecified atom stereocenters. The number of benzene rings is 2. The van der Waals surface area contributed by atoms with Crippen molar-refractivity contribution in [3.8, 4) is 0 Å². The van der Waals surface area contributed by atoms with Crippen LogP contribution in [-0.4, -0.2) is 16.0 Å². The highest BCUT2D eigenvalue weighted by molar-refractivity contribution is 7.22. The van der Waals surface area contributed by atoms with Gasteiger partial charge in [-0.05, 0) is 30.7 Å². The maximum absolute atomic E-state index is 13.1. The van der Waals surface area contributed by atoms with E-state index in [2.05, 4.69) is 10.1 Å². The Morgan fingerprint density at radius 2 is 2.00 bits per heavy atom. The van der Waals surface area contributed by atoms with Crippen molar-refractivity contribution in [3.05, 3.63) is 76.6 Å². The average molecular weight is 384 g/mol. The Hall–Kier alpha value is -2.70. The number of aryl methyl sites for hydroxylation is 1. The fraction of sp³-hybridized carbons (Fsp3) is 0.105. The van der Waals surface area contributed by atoms with Gasteiger partial charge in [-0.25, -0.2) is 4.98 Å². The lowest BCUT2D eigenvalue weighted by atomic mass is 10.2. The third-order valence-electron chi connectivity index (χ3n) is 3.85. The van der Waals surface area contributed by atoms with Crippen molar-refractivity contribution in [2.24, 2.45) is 0 Å². The maximum atomic E-state index is 13.1. The van der Waals surface area contributed by atoms with Crippen molar-refractivity contribution in [1.29, 1.82) is 0 Å². The number of nitrogens with zero attached hydrogens (tertiary/aromatic N) is 3. The molecule has 0 radical (unpaired) electrons. The molecule has 0 N–H and O–H groups in total.